The van der Waals surface area contributed by atoms with Crippen molar-refractivity contribution >= 4 is 17.0 Å². The minimum Gasteiger partial charge on any atom is -0.354 e. The molecule has 1 saturated heterocycles. The van der Waals surface area contributed by atoms with Crippen molar-refractivity contribution in [2.45, 2.75) is 19.3 Å². The Morgan fingerprint density at radius 3 is 2.50 bits per heavy atom. The molecule has 2 atom stereocenters. The number of anilines is 1. The molecule has 0 radical (unpaired) electrons. The van der Waals surface area contributed by atoms with Crippen LogP contribution in [0, 0.1) is 11.8 Å². The van der Waals surface area contributed by atoms with Gasteiger partial charge in [0.1, 0.15) is 11.8 Å². The van der Waals surface area contributed by atoms with Gasteiger partial charge in [0.2, 0.25) is 0 Å². The van der Waals surface area contributed by atoms with Gasteiger partial charge in [0.25, 0.3) is 0 Å². The van der Waals surface area contributed by atoms with Crippen LogP contribution in [0.1, 0.15) is 19.3 Å². The monoisotopic (exact) mass is 273 g/mol. The maximum atomic E-state index is 12.1. The highest BCUT2D eigenvalue weighted by atomic mass is 16.1. The van der Waals surface area contributed by atoms with E-state index in [9.17, 15) is 4.79 Å². The molecule has 3 heterocycles. The van der Waals surface area contributed by atoms with Crippen LogP contribution in [0.5, 0.6) is 0 Å². The quantitative estimate of drug-likeness (QED) is 0.775. The first kappa shape index (κ1) is 11.9. The smallest absolute Gasteiger partial charge is 0.329 e. The van der Waals surface area contributed by atoms with Gasteiger partial charge in [-0.1, -0.05) is 6.42 Å². The molecule has 2 unspecified atom stereocenters. The van der Waals surface area contributed by atoms with Crippen molar-refractivity contribution in [1.29, 1.82) is 0 Å². The Hall–Kier alpha value is -1.85. The van der Waals surface area contributed by atoms with Crippen LogP contribution < -0.4 is 10.6 Å². The predicted octanol–water partition coefficient (Wildman–Crippen LogP) is 0.903. The Bertz CT molecular complexity index is 719. The number of fused-ring (bicyclic) bond motifs is 2. The van der Waals surface area contributed by atoms with Gasteiger partial charge in [0.05, 0.1) is 0 Å². The topological polar surface area (TPSA) is 56.0 Å². The number of aromatic nitrogens is 4. The molecule has 0 spiro atoms. The summed E-state index contributed by atoms with van der Waals surface area (Å²) >= 11 is 0. The van der Waals surface area contributed by atoms with E-state index < -0.39 is 0 Å². The van der Waals surface area contributed by atoms with Crippen LogP contribution in [0.25, 0.3) is 11.2 Å². The number of nitrogens with zero attached hydrogens (tertiary/aromatic N) is 5. The molecule has 2 aromatic heterocycles. The van der Waals surface area contributed by atoms with Gasteiger partial charge >= 0.3 is 5.69 Å². The summed E-state index contributed by atoms with van der Waals surface area (Å²) in [6.45, 7) is 2.14. The summed E-state index contributed by atoms with van der Waals surface area (Å²) in [6.07, 6.45) is 5.61. The van der Waals surface area contributed by atoms with E-state index in [1.54, 1.807) is 29.6 Å². The molecule has 6 heteroatoms. The van der Waals surface area contributed by atoms with E-state index in [1.165, 1.54) is 19.3 Å². The first-order valence-corrected chi connectivity index (χ1v) is 7.28. The highest BCUT2D eigenvalue weighted by molar-refractivity contribution is 5.84. The van der Waals surface area contributed by atoms with E-state index in [1.807, 2.05) is 0 Å². The minimum absolute atomic E-state index is 0.0406. The van der Waals surface area contributed by atoms with Crippen LogP contribution in [0.15, 0.2) is 11.1 Å². The lowest BCUT2D eigenvalue weighted by molar-refractivity contribution is 0.494. The number of hydrogen-bond donors (Lipinski definition) is 0. The molecule has 0 bridgehead atoms. The van der Waals surface area contributed by atoms with Crippen molar-refractivity contribution < 1.29 is 0 Å². The molecule has 2 aliphatic rings. The standard InChI is InChI=1S/C14H19N5O/c1-17-11-12(18(2)14(17)20)15-8-16-13(11)19-6-9-4-3-5-10(9)7-19/h8-10H,3-7H2,1-2H3. The number of imidazole rings is 1. The molecule has 4 rings (SSSR count). The summed E-state index contributed by atoms with van der Waals surface area (Å²) in [5.74, 6) is 2.53. The van der Waals surface area contributed by atoms with Crippen molar-refractivity contribution in [3.8, 4) is 0 Å². The summed E-state index contributed by atoms with van der Waals surface area (Å²) in [7, 11) is 3.56. The average Bonchev–Trinajstić information content (AvgIpc) is 3.09. The molecule has 6 nitrogen and oxygen atoms in total. The molecule has 0 amide bonds. The number of aryl methyl sites for hydroxylation is 2. The van der Waals surface area contributed by atoms with Gasteiger partial charge in [-0.3, -0.25) is 9.13 Å². The maximum absolute atomic E-state index is 12.1. The second-order valence-electron chi connectivity index (χ2n) is 6.13. The molecule has 0 aromatic carbocycles. The Kier molecular flexibility index (Phi) is 2.43. The van der Waals surface area contributed by atoms with Crippen LogP contribution in [-0.4, -0.2) is 32.2 Å². The van der Waals surface area contributed by atoms with Crippen LogP contribution >= 0.6 is 0 Å². The first-order chi connectivity index (χ1) is 9.66. The second-order valence-corrected chi connectivity index (χ2v) is 6.13. The van der Waals surface area contributed by atoms with Crippen LogP contribution in [0.2, 0.25) is 0 Å². The summed E-state index contributed by atoms with van der Waals surface area (Å²) < 4.78 is 3.26. The Morgan fingerprint density at radius 1 is 1.10 bits per heavy atom. The Balaban J connectivity index is 1.85. The van der Waals surface area contributed by atoms with Crippen molar-refractivity contribution in [3.05, 3.63) is 16.8 Å². The van der Waals surface area contributed by atoms with Crippen LogP contribution in [-0.2, 0) is 14.1 Å². The fourth-order valence-electron chi connectivity index (χ4n) is 3.96. The third kappa shape index (κ3) is 1.47. The highest BCUT2D eigenvalue weighted by Gasteiger charge is 2.37. The van der Waals surface area contributed by atoms with Crippen molar-refractivity contribution in [3.63, 3.8) is 0 Å². The molecule has 20 heavy (non-hydrogen) atoms. The van der Waals surface area contributed by atoms with Crippen molar-refractivity contribution in [2.75, 3.05) is 18.0 Å². The number of hydrogen-bond acceptors (Lipinski definition) is 4. The average molecular weight is 273 g/mol. The summed E-state index contributed by atoms with van der Waals surface area (Å²) in [4.78, 5) is 23.2. The molecule has 1 saturated carbocycles. The lowest BCUT2D eigenvalue weighted by Crippen LogP contribution is -2.23. The zero-order valence-electron chi connectivity index (χ0n) is 11.9. The zero-order chi connectivity index (χ0) is 13.9. The summed E-state index contributed by atoms with van der Waals surface area (Å²) in [6, 6.07) is 0. The molecule has 1 aliphatic heterocycles. The zero-order valence-corrected chi connectivity index (χ0v) is 11.9. The van der Waals surface area contributed by atoms with E-state index >= 15 is 0 Å². The normalized spacial score (nSPS) is 25.6. The van der Waals surface area contributed by atoms with E-state index in [-0.39, 0.29) is 5.69 Å². The molecule has 106 valence electrons. The fraction of sp³-hybridized carbons (Fsp3) is 0.643. The first-order valence-electron chi connectivity index (χ1n) is 7.28. The van der Waals surface area contributed by atoms with Gasteiger partial charge in [-0.25, -0.2) is 14.8 Å². The third-order valence-corrected chi connectivity index (χ3v) is 5.04. The molecular weight excluding hydrogens is 254 g/mol. The molecule has 2 fully saturated rings. The largest absolute Gasteiger partial charge is 0.354 e. The minimum atomic E-state index is -0.0406. The van der Waals surface area contributed by atoms with Gasteiger partial charge < -0.3 is 4.90 Å². The number of rotatable bonds is 1. The molecule has 1 aliphatic carbocycles. The molecule has 0 N–H and O–H groups in total. The van der Waals surface area contributed by atoms with Crippen LogP contribution in [0.4, 0.5) is 5.82 Å². The van der Waals surface area contributed by atoms with Gasteiger partial charge in [-0.15, -0.1) is 0 Å². The molecular formula is C14H19N5O. The second kappa shape index (κ2) is 4.07. The van der Waals surface area contributed by atoms with Gasteiger partial charge in [0.15, 0.2) is 11.5 Å². The van der Waals surface area contributed by atoms with Crippen molar-refractivity contribution in [2.24, 2.45) is 25.9 Å². The SMILES string of the molecule is Cn1c(=O)n(C)c2c(N3CC4CCCC4C3)ncnc21. The van der Waals surface area contributed by atoms with Gasteiger partial charge in [-0.2, -0.15) is 0 Å². The lowest BCUT2D eigenvalue weighted by atomic mass is 10.0. The van der Waals surface area contributed by atoms with E-state index in [0.717, 1.165) is 41.9 Å². The van der Waals surface area contributed by atoms with Gasteiger partial charge in [-0.05, 0) is 24.7 Å². The van der Waals surface area contributed by atoms with Crippen LogP contribution in [0.3, 0.4) is 0 Å². The van der Waals surface area contributed by atoms with E-state index in [4.69, 9.17) is 0 Å². The maximum Gasteiger partial charge on any atom is 0.329 e. The summed E-state index contributed by atoms with van der Waals surface area (Å²) in [5.41, 5.74) is 1.54. The van der Waals surface area contributed by atoms with Crippen molar-refractivity contribution in [1.82, 2.24) is 19.1 Å². The highest BCUT2D eigenvalue weighted by Crippen LogP contribution is 2.40. The molecule has 2 aromatic rings. The summed E-state index contributed by atoms with van der Waals surface area (Å²) in [5, 5.41) is 0. The third-order valence-electron chi connectivity index (χ3n) is 5.04. The fourth-order valence-corrected chi connectivity index (χ4v) is 3.96. The van der Waals surface area contributed by atoms with E-state index in [2.05, 4.69) is 14.9 Å². The van der Waals surface area contributed by atoms with E-state index in [0.29, 0.717) is 0 Å². The lowest BCUT2D eigenvalue weighted by Gasteiger charge is -2.19. The Morgan fingerprint density at radius 2 is 1.80 bits per heavy atom. The predicted molar refractivity (Wildman–Crippen MR) is 76.8 cm³/mol. The Labute approximate surface area is 117 Å². The van der Waals surface area contributed by atoms with Gasteiger partial charge in [0, 0.05) is 27.2 Å².